The van der Waals surface area contributed by atoms with Gasteiger partial charge >= 0.3 is 0 Å². The van der Waals surface area contributed by atoms with Crippen LogP contribution in [0.15, 0.2) is 30.7 Å². The Morgan fingerprint density at radius 2 is 2.11 bits per heavy atom. The Balaban J connectivity index is 2.53. The number of methoxy groups -OCH3 is 1. The van der Waals surface area contributed by atoms with Crippen LogP contribution in [-0.2, 0) is 5.54 Å². The average Bonchev–Trinajstić information content (AvgIpc) is 2.78. The lowest BCUT2D eigenvalue weighted by Gasteiger charge is -2.21. The van der Waals surface area contributed by atoms with E-state index in [0.29, 0.717) is 10.8 Å². The van der Waals surface area contributed by atoms with Crippen molar-refractivity contribution >= 4 is 11.6 Å². The first-order valence-corrected chi connectivity index (χ1v) is 5.97. The van der Waals surface area contributed by atoms with Crippen LogP contribution in [0.3, 0.4) is 0 Å². The summed E-state index contributed by atoms with van der Waals surface area (Å²) >= 11 is 6.01. The van der Waals surface area contributed by atoms with Gasteiger partial charge in [0.25, 0.3) is 0 Å². The minimum Gasteiger partial charge on any atom is -0.495 e. The average molecular weight is 266 g/mol. The number of imidazole rings is 1. The number of nitrogens with zero attached hydrogens (tertiary/aromatic N) is 2. The van der Waals surface area contributed by atoms with E-state index in [1.54, 1.807) is 25.7 Å². The van der Waals surface area contributed by atoms with Crippen molar-refractivity contribution in [1.82, 2.24) is 9.55 Å². The molecule has 0 aliphatic heterocycles. The maximum atomic E-state index is 6.12. The van der Waals surface area contributed by atoms with Crippen LogP contribution in [0.2, 0.25) is 5.02 Å². The van der Waals surface area contributed by atoms with Gasteiger partial charge < -0.3 is 15.0 Å². The number of rotatable bonds is 3. The van der Waals surface area contributed by atoms with Crippen LogP contribution in [0, 0.1) is 0 Å². The molecule has 0 aliphatic carbocycles. The molecule has 0 unspecified atom stereocenters. The van der Waals surface area contributed by atoms with Crippen molar-refractivity contribution in [3.63, 3.8) is 0 Å². The topological polar surface area (TPSA) is 53.1 Å². The van der Waals surface area contributed by atoms with E-state index < -0.39 is 5.54 Å². The van der Waals surface area contributed by atoms with Crippen molar-refractivity contribution in [2.75, 3.05) is 7.11 Å². The van der Waals surface area contributed by atoms with Gasteiger partial charge in [-0.25, -0.2) is 4.98 Å². The van der Waals surface area contributed by atoms with Gasteiger partial charge in [0.15, 0.2) is 0 Å². The van der Waals surface area contributed by atoms with Crippen LogP contribution in [0.5, 0.6) is 5.75 Å². The van der Waals surface area contributed by atoms with Gasteiger partial charge in [0.05, 0.1) is 41.6 Å². The van der Waals surface area contributed by atoms with Crippen molar-refractivity contribution in [2.24, 2.45) is 5.73 Å². The quantitative estimate of drug-likeness (QED) is 0.928. The van der Waals surface area contributed by atoms with Gasteiger partial charge in [-0.05, 0) is 26.0 Å². The number of benzene rings is 1. The van der Waals surface area contributed by atoms with Gasteiger partial charge in [0.1, 0.15) is 5.75 Å². The third-order valence-corrected chi connectivity index (χ3v) is 3.02. The second-order valence-electron chi connectivity index (χ2n) is 4.69. The van der Waals surface area contributed by atoms with E-state index in [0.717, 1.165) is 11.4 Å². The summed E-state index contributed by atoms with van der Waals surface area (Å²) in [5, 5.41) is 0.579. The van der Waals surface area contributed by atoms with Crippen LogP contribution in [0.25, 0.3) is 5.69 Å². The van der Waals surface area contributed by atoms with Crippen molar-refractivity contribution in [3.05, 3.63) is 41.4 Å². The summed E-state index contributed by atoms with van der Waals surface area (Å²) in [6.45, 7) is 3.88. The highest BCUT2D eigenvalue weighted by atomic mass is 35.5. The molecule has 2 rings (SSSR count). The number of halogens is 1. The summed E-state index contributed by atoms with van der Waals surface area (Å²) in [7, 11) is 1.59. The van der Waals surface area contributed by atoms with E-state index >= 15 is 0 Å². The van der Waals surface area contributed by atoms with Gasteiger partial charge in [-0.3, -0.25) is 0 Å². The third kappa shape index (κ3) is 2.35. The molecule has 2 aromatic rings. The van der Waals surface area contributed by atoms with Gasteiger partial charge in [-0.2, -0.15) is 0 Å². The van der Waals surface area contributed by atoms with Gasteiger partial charge in [0, 0.05) is 6.07 Å². The van der Waals surface area contributed by atoms with E-state index in [4.69, 9.17) is 22.1 Å². The maximum Gasteiger partial charge on any atom is 0.139 e. The molecule has 0 radical (unpaired) electrons. The number of ether oxygens (including phenoxy) is 1. The van der Waals surface area contributed by atoms with Crippen LogP contribution >= 0.6 is 11.6 Å². The van der Waals surface area contributed by atoms with E-state index in [-0.39, 0.29) is 0 Å². The number of hydrogen-bond acceptors (Lipinski definition) is 3. The highest BCUT2D eigenvalue weighted by Gasteiger charge is 2.20. The molecule has 0 aliphatic rings. The molecule has 4 nitrogen and oxygen atoms in total. The van der Waals surface area contributed by atoms with Gasteiger partial charge in [-0.15, -0.1) is 0 Å². The molecule has 1 aromatic heterocycles. The molecule has 2 N–H and O–H groups in total. The lowest BCUT2D eigenvalue weighted by Crippen LogP contribution is -2.31. The van der Waals surface area contributed by atoms with Crippen LogP contribution < -0.4 is 10.5 Å². The second kappa shape index (κ2) is 4.63. The SMILES string of the molecule is COc1cc(-n2cncc2C(C)(C)N)ccc1Cl. The Hall–Kier alpha value is -1.52. The normalized spacial score (nSPS) is 11.6. The van der Waals surface area contributed by atoms with Crippen molar-refractivity contribution in [3.8, 4) is 11.4 Å². The third-order valence-electron chi connectivity index (χ3n) is 2.71. The molecule has 0 saturated carbocycles. The summed E-state index contributed by atoms with van der Waals surface area (Å²) < 4.78 is 7.14. The Kier molecular flexibility index (Phi) is 3.32. The van der Waals surface area contributed by atoms with Gasteiger partial charge in [-0.1, -0.05) is 11.6 Å². The Morgan fingerprint density at radius 1 is 1.39 bits per heavy atom. The zero-order valence-corrected chi connectivity index (χ0v) is 11.4. The maximum absolute atomic E-state index is 6.12. The molecule has 0 saturated heterocycles. The lowest BCUT2D eigenvalue weighted by molar-refractivity contribution is 0.414. The van der Waals surface area contributed by atoms with Crippen molar-refractivity contribution < 1.29 is 4.74 Å². The predicted molar refractivity (Wildman–Crippen MR) is 72.3 cm³/mol. The minimum atomic E-state index is -0.469. The van der Waals surface area contributed by atoms with Crippen molar-refractivity contribution in [2.45, 2.75) is 19.4 Å². The smallest absolute Gasteiger partial charge is 0.139 e. The standard InChI is InChI=1S/C13H16ClN3O/c1-13(2,15)12-7-16-8-17(12)9-4-5-10(14)11(6-9)18-3/h4-8H,15H2,1-3H3. The van der Waals surface area contributed by atoms with Crippen LogP contribution in [0.4, 0.5) is 0 Å². The fraction of sp³-hybridized carbons (Fsp3) is 0.308. The van der Waals surface area contributed by atoms with Crippen LogP contribution in [0.1, 0.15) is 19.5 Å². The summed E-state index contributed by atoms with van der Waals surface area (Å²) in [6, 6.07) is 5.56. The molecule has 0 atom stereocenters. The predicted octanol–water partition coefficient (Wildman–Crippen LogP) is 2.73. The second-order valence-corrected chi connectivity index (χ2v) is 5.10. The first-order valence-electron chi connectivity index (χ1n) is 5.59. The zero-order chi connectivity index (χ0) is 13.3. The summed E-state index contributed by atoms with van der Waals surface area (Å²) in [4.78, 5) is 4.15. The van der Waals surface area contributed by atoms with E-state index in [1.165, 1.54) is 0 Å². The fourth-order valence-electron chi connectivity index (χ4n) is 1.78. The fourth-order valence-corrected chi connectivity index (χ4v) is 1.97. The summed E-state index contributed by atoms with van der Waals surface area (Å²) in [5.41, 5.74) is 7.49. The van der Waals surface area contributed by atoms with Gasteiger partial charge in [0.2, 0.25) is 0 Å². The molecule has 18 heavy (non-hydrogen) atoms. The lowest BCUT2D eigenvalue weighted by atomic mass is 10.0. The molecule has 0 bridgehead atoms. The molecule has 1 aromatic carbocycles. The molecule has 1 heterocycles. The Bertz CT molecular complexity index is 558. The first kappa shape index (κ1) is 12.9. The molecular formula is C13H16ClN3O. The first-order chi connectivity index (χ1) is 8.43. The molecule has 96 valence electrons. The highest BCUT2D eigenvalue weighted by Crippen LogP contribution is 2.28. The molecule has 0 spiro atoms. The van der Waals surface area contributed by atoms with Crippen LogP contribution in [-0.4, -0.2) is 16.7 Å². The molecular weight excluding hydrogens is 250 g/mol. The Labute approximate surface area is 111 Å². The summed E-state index contributed by atoms with van der Waals surface area (Å²) in [5.74, 6) is 0.628. The minimum absolute atomic E-state index is 0.469. The Morgan fingerprint density at radius 3 is 2.72 bits per heavy atom. The van der Waals surface area contributed by atoms with E-state index in [1.807, 2.05) is 30.5 Å². The number of hydrogen-bond donors (Lipinski definition) is 1. The highest BCUT2D eigenvalue weighted by molar-refractivity contribution is 6.32. The monoisotopic (exact) mass is 265 g/mol. The molecule has 0 amide bonds. The molecule has 5 heteroatoms. The zero-order valence-electron chi connectivity index (χ0n) is 10.6. The van der Waals surface area contributed by atoms with Crippen molar-refractivity contribution in [1.29, 1.82) is 0 Å². The molecule has 0 fully saturated rings. The number of nitrogens with two attached hydrogens (primary N) is 1. The van der Waals surface area contributed by atoms with E-state index in [9.17, 15) is 0 Å². The van der Waals surface area contributed by atoms with E-state index in [2.05, 4.69) is 4.98 Å². The number of aromatic nitrogens is 2. The largest absolute Gasteiger partial charge is 0.495 e. The summed E-state index contributed by atoms with van der Waals surface area (Å²) in [6.07, 6.45) is 3.49.